The summed E-state index contributed by atoms with van der Waals surface area (Å²) in [5.41, 5.74) is 1.61. The third-order valence-corrected chi connectivity index (χ3v) is 4.23. The summed E-state index contributed by atoms with van der Waals surface area (Å²) in [6.07, 6.45) is 5.01. The number of nitrogens with one attached hydrogen (secondary N) is 1. The van der Waals surface area contributed by atoms with Crippen LogP contribution in [0.2, 0.25) is 5.02 Å². The lowest BCUT2D eigenvalue weighted by molar-refractivity contribution is -0.132. The minimum absolute atomic E-state index is 0.0159. The fraction of sp³-hybridized carbons (Fsp3) is 0.273. The number of rotatable bonds is 10. The molecule has 6 nitrogen and oxygen atoms in total. The molecule has 0 heterocycles. The van der Waals surface area contributed by atoms with Crippen LogP contribution in [0.4, 0.5) is 0 Å². The maximum Gasteiger partial charge on any atom is 0.253 e. The molecule has 0 aliphatic carbocycles. The Kier molecular flexibility index (Phi) is 8.85. The first kappa shape index (κ1) is 22.1. The fourth-order valence-corrected chi connectivity index (χ4v) is 2.74. The summed E-state index contributed by atoms with van der Waals surface area (Å²) in [4.78, 5) is 12.6. The van der Waals surface area contributed by atoms with Gasteiger partial charge in [0.25, 0.3) is 5.91 Å². The number of hydrogen-bond donors (Lipinski definition) is 1. The van der Waals surface area contributed by atoms with Gasteiger partial charge in [-0.25, -0.2) is 0 Å². The zero-order valence-electron chi connectivity index (χ0n) is 16.0. The normalized spacial score (nSPS) is 11.0. The van der Waals surface area contributed by atoms with Crippen LogP contribution in [0, 0.1) is 23.7 Å². The van der Waals surface area contributed by atoms with Crippen molar-refractivity contribution in [1.29, 1.82) is 5.26 Å². The second kappa shape index (κ2) is 11.6. The first-order valence-corrected chi connectivity index (χ1v) is 9.21. The van der Waals surface area contributed by atoms with Crippen LogP contribution in [0.25, 0.3) is 0 Å². The van der Waals surface area contributed by atoms with Gasteiger partial charge < -0.3 is 19.5 Å². The van der Waals surface area contributed by atoms with Crippen molar-refractivity contribution in [2.45, 2.75) is 12.5 Å². The summed E-state index contributed by atoms with van der Waals surface area (Å²) >= 11 is 5.91. The Hall–Kier alpha value is -3.19. The van der Waals surface area contributed by atoms with Crippen molar-refractivity contribution in [3.8, 4) is 29.9 Å². The zero-order chi connectivity index (χ0) is 21.1. The number of halogens is 1. The maximum absolute atomic E-state index is 12.6. The van der Waals surface area contributed by atoms with Crippen LogP contribution >= 0.6 is 11.6 Å². The van der Waals surface area contributed by atoms with E-state index in [2.05, 4.69) is 11.2 Å². The van der Waals surface area contributed by atoms with Crippen molar-refractivity contribution in [3.05, 3.63) is 58.6 Å². The molecule has 150 valence electrons. The zero-order valence-corrected chi connectivity index (χ0v) is 16.7. The lowest BCUT2D eigenvalue weighted by atomic mass is 10.1. The Balaban J connectivity index is 1.98. The highest BCUT2D eigenvalue weighted by Gasteiger charge is 2.21. The molecule has 1 unspecified atom stereocenters. The van der Waals surface area contributed by atoms with Crippen molar-refractivity contribution in [1.82, 2.24) is 5.32 Å². The lowest BCUT2D eigenvalue weighted by Gasteiger charge is -2.17. The van der Waals surface area contributed by atoms with Crippen LogP contribution < -0.4 is 14.8 Å². The van der Waals surface area contributed by atoms with Crippen molar-refractivity contribution in [2.24, 2.45) is 0 Å². The van der Waals surface area contributed by atoms with Gasteiger partial charge in [-0.1, -0.05) is 35.7 Å². The molecule has 1 N–H and O–H groups in total. The average Bonchev–Trinajstić information content (AvgIpc) is 2.74. The van der Waals surface area contributed by atoms with Crippen LogP contribution in [0.3, 0.4) is 0 Å². The second-order valence-electron chi connectivity index (χ2n) is 5.92. The van der Waals surface area contributed by atoms with E-state index in [-0.39, 0.29) is 19.1 Å². The minimum atomic E-state index is -0.820. The van der Waals surface area contributed by atoms with E-state index in [4.69, 9.17) is 37.5 Å². The predicted octanol–water partition coefficient (Wildman–Crippen LogP) is 3.30. The molecule has 29 heavy (non-hydrogen) atoms. The molecule has 0 aromatic heterocycles. The fourth-order valence-electron chi connectivity index (χ4n) is 2.61. The molecule has 0 spiro atoms. The van der Waals surface area contributed by atoms with E-state index >= 15 is 0 Å². The van der Waals surface area contributed by atoms with Crippen LogP contribution in [-0.4, -0.2) is 32.8 Å². The number of ether oxygens (including phenoxy) is 3. The van der Waals surface area contributed by atoms with Gasteiger partial charge in [0.1, 0.15) is 12.7 Å². The third kappa shape index (κ3) is 6.73. The molecule has 0 saturated heterocycles. The Morgan fingerprint density at radius 3 is 2.62 bits per heavy atom. The summed E-state index contributed by atoms with van der Waals surface area (Å²) in [5, 5.41) is 12.1. The first-order valence-electron chi connectivity index (χ1n) is 8.84. The maximum atomic E-state index is 12.6. The third-order valence-electron chi connectivity index (χ3n) is 3.98. The Labute approximate surface area is 175 Å². The number of amides is 1. The van der Waals surface area contributed by atoms with Crippen LogP contribution in [-0.2, 0) is 16.0 Å². The molecule has 0 saturated carbocycles. The lowest BCUT2D eigenvalue weighted by Crippen LogP contribution is -2.32. The summed E-state index contributed by atoms with van der Waals surface area (Å²) in [6.45, 7) is 0.349. The van der Waals surface area contributed by atoms with Crippen molar-refractivity contribution >= 4 is 17.5 Å². The smallest absolute Gasteiger partial charge is 0.253 e. The van der Waals surface area contributed by atoms with E-state index < -0.39 is 6.10 Å². The highest BCUT2D eigenvalue weighted by molar-refractivity contribution is 6.30. The topological polar surface area (TPSA) is 80.6 Å². The SMILES string of the molecule is C#CCOC(C(=O)NCCc1ccc(OCC#N)c(OC)c1)c1ccc(Cl)cc1. The summed E-state index contributed by atoms with van der Waals surface area (Å²) in [7, 11) is 1.53. The number of carbonyl (C=O) groups excluding carboxylic acids is 1. The van der Waals surface area contributed by atoms with E-state index in [0.717, 1.165) is 5.56 Å². The number of carbonyl (C=O) groups is 1. The minimum Gasteiger partial charge on any atom is -0.493 e. The molecule has 0 fully saturated rings. The number of nitrogens with zero attached hydrogens (tertiary/aromatic N) is 1. The highest BCUT2D eigenvalue weighted by Crippen LogP contribution is 2.28. The standard InChI is InChI=1S/C22H21ClN2O4/c1-3-13-29-21(17-5-7-18(23)8-6-17)22(26)25-12-10-16-4-9-19(28-14-11-24)20(15-16)27-2/h1,4-9,15,21H,10,12-14H2,2H3,(H,25,26). The van der Waals surface area contributed by atoms with Crippen LogP contribution in [0.1, 0.15) is 17.2 Å². The summed E-state index contributed by atoms with van der Waals surface area (Å²) in [6, 6.07) is 14.2. The average molecular weight is 413 g/mol. The number of methoxy groups -OCH3 is 1. The molecule has 0 aliphatic heterocycles. The highest BCUT2D eigenvalue weighted by atomic mass is 35.5. The molecule has 0 radical (unpaired) electrons. The Bertz CT molecular complexity index is 901. The molecular formula is C22H21ClN2O4. The molecule has 0 bridgehead atoms. The van der Waals surface area contributed by atoms with Crippen molar-refractivity contribution in [3.63, 3.8) is 0 Å². The number of hydrogen-bond acceptors (Lipinski definition) is 5. The van der Waals surface area contributed by atoms with E-state index in [1.807, 2.05) is 18.2 Å². The monoisotopic (exact) mass is 412 g/mol. The van der Waals surface area contributed by atoms with Gasteiger partial charge in [-0.2, -0.15) is 5.26 Å². The van der Waals surface area contributed by atoms with E-state index in [9.17, 15) is 4.79 Å². The molecule has 7 heteroatoms. The van der Waals surface area contributed by atoms with Gasteiger partial charge in [-0.05, 0) is 41.8 Å². The van der Waals surface area contributed by atoms with Crippen molar-refractivity contribution in [2.75, 3.05) is 26.9 Å². The van der Waals surface area contributed by atoms with Crippen molar-refractivity contribution < 1.29 is 19.0 Å². The first-order chi connectivity index (χ1) is 14.1. The van der Waals surface area contributed by atoms with Gasteiger partial charge in [0.2, 0.25) is 0 Å². The Morgan fingerprint density at radius 2 is 1.97 bits per heavy atom. The second-order valence-corrected chi connectivity index (χ2v) is 6.36. The number of benzene rings is 2. The van der Waals surface area contributed by atoms with Gasteiger partial charge in [0.15, 0.2) is 24.2 Å². The quantitative estimate of drug-likeness (QED) is 0.605. The van der Waals surface area contributed by atoms with Gasteiger partial charge in [-0.15, -0.1) is 6.42 Å². The summed E-state index contributed by atoms with van der Waals surface area (Å²) < 4.78 is 16.1. The van der Waals surface area contributed by atoms with Gasteiger partial charge >= 0.3 is 0 Å². The Morgan fingerprint density at radius 1 is 1.21 bits per heavy atom. The molecule has 1 amide bonds. The number of terminal acetylenes is 1. The van der Waals surface area contributed by atoms with Gasteiger partial charge in [0, 0.05) is 11.6 Å². The van der Waals surface area contributed by atoms with Crippen LogP contribution in [0.15, 0.2) is 42.5 Å². The molecule has 2 aromatic rings. The molecule has 2 aromatic carbocycles. The predicted molar refractivity (Wildman–Crippen MR) is 110 cm³/mol. The molecular weight excluding hydrogens is 392 g/mol. The molecule has 2 rings (SSSR count). The summed E-state index contributed by atoms with van der Waals surface area (Å²) in [5.74, 6) is 3.11. The number of nitriles is 1. The van der Waals surface area contributed by atoms with E-state index in [0.29, 0.717) is 35.1 Å². The van der Waals surface area contributed by atoms with Gasteiger partial charge in [0.05, 0.1) is 7.11 Å². The largest absolute Gasteiger partial charge is 0.493 e. The van der Waals surface area contributed by atoms with E-state index in [1.165, 1.54) is 7.11 Å². The van der Waals surface area contributed by atoms with E-state index in [1.54, 1.807) is 30.3 Å². The van der Waals surface area contributed by atoms with Gasteiger partial charge in [-0.3, -0.25) is 4.79 Å². The molecule has 1 atom stereocenters. The van der Waals surface area contributed by atoms with Crippen LogP contribution in [0.5, 0.6) is 11.5 Å². The molecule has 0 aliphatic rings.